The predicted molar refractivity (Wildman–Crippen MR) is 48.8 cm³/mol. The van der Waals surface area contributed by atoms with Gasteiger partial charge in [-0.1, -0.05) is 6.92 Å². The molecule has 0 saturated carbocycles. The molecule has 0 spiro atoms. The van der Waals surface area contributed by atoms with E-state index in [1.165, 1.54) is 0 Å². The third-order valence-corrected chi connectivity index (χ3v) is 2.24. The van der Waals surface area contributed by atoms with E-state index in [2.05, 4.69) is 5.32 Å². The maximum Gasteiger partial charge on any atom is 0.326 e. The van der Waals surface area contributed by atoms with Crippen LogP contribution >= 0.6 is 0 Å². The second-order valence-corrected chi connectivity index (χ2v) is 3.31. The third kappa shape index (κ3) is 2.70. The Kier molecular flexibility index (Phi) is 3.88. The number of carboxylic acid groups (broad SMARTS) is 1. The molecular weight excluding hydrogens is 186 g/mol. The summed E-state index contributed by atoms with van der Waals surface area (Å²) in [5, 5.41) is 11.2. The lowest BCUT2D eigenvalue weighted by atomic mass is 10.2. The molecule has 2 N–H and O–H groups in total. The van der Waals surface area contributed by atoms with Gasteiger partial charge < -0.3 is 15.2 Å². The first kappa shape index (κ1) is 11.0. The summed E-state index contributed by atoms with van der Waals surface area (Å²) < 4.78 is 5.13. The summed E-state index contributed by atoms with van der Waals surface area (Å²) in [4.78, 5) is 22.0. The minimum Gasteiger partial charge on any atom is -0.480 e. The maximum atomic E-state index is 11.4. The standard InChI is InChI=1S/C9H15NO4/c1-2-6(9(12)13)10-8(11)7-4-3-5-14-7/h6-7H,2-5H2,1H3,(H,10,11)(H,12,13)/t6-,7+/m0/s1. The molecule has 5 heteroatoms. The zero-order valence-electron chi connectivity index (χ0n) is 8.16. The van der Waals surface area contributed by atoms with Crippen LogP contribution in [0.3, 0.4) is 0 Å². The second-order valence-electron chi connectivity index (χ2n) is 3.31. The van der Waals surface area contributed by atoms with Gasteiger partial charge in [-0.05, 0) is 19.3 Å². The molecule has 0 aromatic rings. The zero-order valence-corrected chi connectivity index (χ0v) is 8.16. The highest BCUT2D eigenvalue weighted by Crippen LogP contribution is 2.12. The largest absolute Gasteiger partial charge is 0.480 e. The lowest BCUT2D eigenvalue weighted by molar-refractivity contribution is -0.143. The van der Waals surface area contributed by atoms with Crippen molar-refractivity contribution in [1.82, 2.24) is 5.32 Å². The van der Waals surface area contributed by atoms with Crippen molar-refractivity contribution in [2.24, 2.45) is 0 Å². The molecule has 1 amide bonds. The fourth-order valence-electron chi connectivity index (χ4n) is 1.39. The Morgan fingerprint density at radius 3 is 2.79 bits per heavy atom. The van der Waals surface area contributed by atoms with Crippen LogP contribution in [0.4, 0.5) is 0 Å². The molecule has 1 aliphatic heterocycles. The predicted octanol–water partition coefficient (Wildman–Crippen LogP) is 0.145. The summed E-state index contributed by atoms with van der Waals surface area (Å²) in [6.07, 6.45) is 1.47. The molecular formula is C9H15NO4. The molecule has 0 unspecified atom stereocenters. The van der Waals surface area contributed by atoms with Crippen LogP contribution in [-0.4, -0.2) is 35.7 Å². The third-order valence-electron chi connectivity index (χ3n) is 2.24. The van der Waals surface area contributed by atoms with E-state index in [4.69, 9.17) is 9.84 Å². The van der Waals surface area contributed by atoms with Crippen molar-refractivity contribution in [3.63, 3.8) is 0 Å². The minimum absolute atomic E-state index is 0.309. The number of carbonyl (C=O) groups is 2. The van der Waals surface area contributed by atoms with Gasteiger partial charge in [0.15, 0.2) is 0 Å². The maximum absolute atomic E-state index is 11.4. The van der Waals surface area contributed by atoms with Crippen LogP contribution in [0.5, 0.6) is 0 Å². The first-order valence-electron chi connectivity index (χ1n) is 4.80. The van der Waals surface area contributed by atoms with Crippen molar-refractivity contribution in [1.29, 1.82) is 0 Å². The SMILES string of the molecule is CC[C@H](NC(=O)[C@H]1CCCO1)C(=O)O. The molecule has 80 valence electrons. The van der Waals surface area contributed by atoms with E-state index in [0.29, 0.717) is 19.4 Å². The summed E-state index contributed by atoms with van der Waals surface area (Å²) in [5.41, 5.74) is 0. The number of carbonyl (C=O) groups excluding carboxylic acids is 1. The van der Waals surface area contributed by atoms with E-state index in [0.717, 1.165) is 6.42 Å². The summed E-state index contributed by atoms with van der Waals surface area (Å²) in [7, 11) is 0. The molecule has 1 fully saturated rings. The van der Waals surface area contributed by atoms with E-state index in [1.54, 1.807) is 6.92 Å². The molecule has 0 aliphatic carbocycles. The molecule has 2 atom stereocenters. The van der Waals surface area contributed by atoms with Gasteiger partial charge in [0.05, 0.1) is 0 Å². The van der Waals surface area contributed by atoms with Crippen molar-refractivity contribution in [2.75, 3.05) is 6.61 Å². The van der Waals surface area contributed by atoms with Gasteiger partial charge in [-0.15, -0.1) is 0 Å². The quantitative estimate of drug-likeness (QED) is 0.678. The minimum atomic E-state index is -1.00. The van der Waals surface area contributed by atoms with Crippen LogP contribution in [0.25, 0.3) is 0 Å². The van der Waals surface area contributed by atoms with Gasteiger partial charge >= 0.3 is 5.97 Å². The second kappa shape index (κ2) is 4.95. The van der Waals surface area contributed by atoms with Crippen LogP contribution in [-0.2, 0) is 14.3 Å². The topological polar surface area (TPSA) is 75.6 Å². The van der Waals surface area contributed by atoms with Crippen molar-refractivity contribution >= 4 is 11.9 Å². The Hall–Kier alpha value is -1.10. The Morgan fingerprint density at radius 2 is 2.36 bits per heavy atom. The van der Waals surface area contributed by atoms with Crippen molar-refractivity contribution < 1.29 is 19.4 Å². The number of carboxylic acids is 1. The highest BCUT2D eigenvalue weighted by molar-refractivity contribution is 5.86. The molecule has 5 nitrogen and oxygen atoms in total. The highest BCUT2D eigenvalue weighted by Gasteiger charge is 2.27. The summed E-state index contributed by atoms with van der Waals surface area (Å²) in [5.74, 6) is -1.31. The Bertz CT molecular complexity index is 223. The lowest BCUT2D eigenvalue weighted by Gasteiger charge is -2.15. The number of rotatable bonds is 4. The van der Waals surface area contributed by atoms with E-state index < -0.39 is 18.1 Å². The van der Waals surface area contributed by atoms with Gasteiger partial charge in [-0.2, -0.15) is 0 Å². The van der Waals surface area contributed by atoms with Crippen LogP contribution in [0.1, 0.15) is 26.2 Å². The first-order valence-corrected chi connectivity index (χ1v) is 4.80. The van der Waals surface area contributed by atoms with Crippen molar-refractivity contribution in [3.05, 3.63) is 0 Å². The first-order chi connectivity index (χ1) is 6.65. The molecule has 1 rings (SSSR count). The molecule has 14 heavy (non-hydrogen) atoms. The van der Waals surface area contributed by atoms with E-state index in [1.807, 2.05) is 0 Å². The monoisotopic (exact) mass is 201 g/mol. The molecule has 0 aromatic carbocycles. The van der Waals surface area contributed by atoms with Crippen LogP contribution < -0.4 is 5.32 Å². The average molecular weight is 201 g/mol. The summed E-state index contributed by atoms with van der Waals surface area (Å²) in [6.45, 7) is 2.30. The number of nitrogens with one attached hydrogen (secondary N) is 1. The molecule has 0 radical (unpaired) electrons. The highest BCUT2D eigenvalue weighted by atomic mass is 16.5. The number of ether oxygens (including phenoxy) is 1. The van der Waals surface area contributed by atoms with E-state index >= 15 is 0 Å². The fraction of sp³-hybridized carbons (Fsp3) is 0.778. The van der Waals surface area contributed by atoms with Crippen LogP contribution in [0.15, 0.2) is 0 Å². The fourth-order valence-corrected chi connectivity index (χ4v) is 1.39. The van der Waals surface area contributed by atoms with Gasteiger partial charge in [-0.3, -0.25) is 4.79 Å². The molecule has 0 bridgehead atoms. The van der Waals surface area contributed by atoms with Gasteiger partial charge in [-0.25, -0.2) is 4.79 Å². The molecule has 1 heterocycles. The average Bonchev–Trinajstić information content (AvgIpc) is 2.65. The van der Waals surface area contributed by atoms with Gasteiger partial charge in [0.1, 0.15) is 12.1 Å². The van der Waals surface area contributed by atoms with Crippen LogP contribution in [0.2, 0.25) is 0 Å². The normalized spacial score (nSPS) is 23.1. The van der Waals surface area contributed by atoms with Crippen LogP contribution in [0, 0.1) is 0 Å². The number of hydrogen-bond acceptors (Lipinski definition) is 3. The zero-order chi connectivity index (χ0) is 10.6. The van der Waals surface area contributed by atoms with E-state index in [-0.39, 0.29) is 5.91 Å². The number of aliphatic carboxylic acids is 1. The Balaban J connectivity index is 2.41. The van der Waals surface area contributed by atoms with E-state index in [9.17, 15) is 9.59 Å². The van der Waals surface area contributed by atoms with Gasteiger partial charge in [0, 0.05) is 6.61 Å². The van der Waals surface area contributed by atoms with Gasteiger partial charge in [0.25, 0.3) is 0 Å². The summed E-state index contributed by atoms with van der Waals surface area (Å²) in [6, 6.07) is -0.799. The van der Waals surface area contributed by atoms with Gasteiger partial charge in [0.2, 0.25) is 5.91 Å². The number of hydrogen-bond donors (Lipinski definition) is 2. The summed E-state index contributed by atoms with van der Waals surface area (Å²) >= 11 is 0. The lowest BCUT2D eigenvalue weighted by Crippen LogP contribution is -2.44. The molecule has 1 saturated heterocycles. The van der Waals surface area contributed by atoms with Crippen molar-refractivity contribution in [3.8, 4) is 0 Å². The molecule has 1 aliphatic rings. The smallest absolute Gasteiger partial charge is 0.326 e. The number of amides is 1. The Labute approximate surface area is 82.4 Å². The van der Waals surface area contributed by atoms with Crippen molar-refractivity contribution in [2.45, 2.75) is 38.3 Å². The molecule has 0 aromatic heterocycles. The Morgan fingerprint density at radius 1 is 1.64 bits per heavy atom.